The van der Waals surface area contributed by atoms with Crippen LogP contribution >= 0.6 is 23.1 Å². The molecular weight excluding hydrogens is 404 g/mol. The van der Waals surface area contributed by atoms with Gasteiger partial charge in [0.1, 0.15) is 5.00 Å². The zero-order chi connectivity index (χ0) is 20.4. The van der Waals surface area contributed by atoms with Crippen molar-refractivity contribution in [2.45, 2.75) is 56.1 Å². The van der Waals surface area contributed by atoms with Gasteiger partial charge in [-0.1, -0.05) is 19.1 Å². The third-order valence-electron chi connectivity index (χ3n) is 5.41. The Bertz CT molecular complexity index is 925. The molecule has 4 rings (SSSR count). The maximum atomic E-state index is 13.3. The van der Waals surface area contributed by atoms with Crippen LogP contribution in [0, 0.1) is 0 Å². The third kappa shape index (κ3) is 4.03. The number of benzene rings is 1. The number of fused-ring (bicyclic) bond motifs is 2. The lowest BCUT2D eigenvalue weighted by molar-refractivity contribution is 0.0526. The largest absolute Gasteiger partial charge is 0.462 e. The lowest BCUT2D eigenvalue weighted by Crippen LogP contribution is -2.42. The molecule has 1 aliphatic heterocycles. The van der Waals surface area contributed by atoms with Gasteiger partial charge in [-0.15, -0.1) is 23.1 Å². The van der Waals surface area contributed by atoms with Crippen molar-refractivity contribution in [3.8, 4) is 0 Å². The first-order chi connectivity index (χ1) is 14.1. The van der Waals surface area contributed by atoms with Crippen LogP contribution in [0.4, 0.5) is 15.5 Å². The number of ether oxygens (including phenoxy) is 1. The number of anilines is 2. The summed E-state index contributed by atoms with van der Waals surface area (Å²) >= 11 is 3.36. The summed E-state index contributed by atoms with van der Waals surface area (Å²) in [6.45, 7) is 4.94. The van der Waals surface area contributed by atoms with Crippen LogP contribution in [-0.4, -0.2) is 30.4 Å². The van der Waals surface area contributed by atoms with E-state index in [0.29, 0.717) is 29.0 Å². The van der Waals surface area contributed by atoms with Gasteiger partial charge in [-0.25, -0.2) is 9.59 Å². The van der Waals surface area contributed by atoms with E-state index in [1.807, 2.05) is 41.8 Å². The van der Waals surface area contributed by atoms with Gasteiger partial charge in [0.2, 0.25) is 0 Å². The van der Waals surface area contributed by atoms with Gasteiger partial charge < -0.3 is 4.74 Å². The van der Waals surface area contributed by atoms with E-state index in [-0.39, 0.29) is 12.0 Å². The topological polar surface area (TPSA) is 58.6 Å². The van der Waals surface area contributed by atoms with E-state index in [0.717, 1.165) is 48.3 Å². The molecule has 5 nitrogen and oxygen atoms in total. The normalized spacial score (nSPS) is 18.0. The zero-order valence-electron chi connectivity index (χ0n) is 16.8. The molecule has 0 saturated heterocycles. The van der Waals surface area contributed by atoms with Crippen LogP contribution in [0.25, 0.3) is 0 Å². The number of nitrogens with zero attached hydrogens (tertiary/aromatic N) is 1. The molecule has 1 aromatic heterocycles. The van der Waals surface area contributed by atoms with Gasteiger partial charge in [-0.3, -0.25) is 10.2 Å². The second-order valence-corrected chi connectivity index (χ2v) is 9.74. The van der Waals surface area contributed by atoms with Crippen molar-refractivity contribution in [1.82, 2.24) is 0 Å². The molecule has 0 saturated carbocycles. The lowest BCUT2D eigenvalue weighted by Gasteiger charge is -2.33. The Morgan fingerprint density at radius 1 is 1.21 bits per heavy atom. The first-order valence-electron chi connectivity index (χ1n) is 10.3. The molecule has 1 atom stereocenters. The Balaban J connectivity index is 1.65. The Hall–Kier alpha value is -1.99. The molecule has 1 aromatic carbocycles. The number of nitrogens with one attached hydrogen (secondary N) is 1. The molecule has 0 bridgehead atoms. The molecule has 2 aromatic rings. The summed E-state index contributed by atoms with van der Waals surface area (Å²) in [5.41, 5.74) is 2.56. The summed E-state index contributed by atoms with van der Waals surface area (Å²) < 4.78 is 5.31. The molecule has 0 radical (unpaired) electrons. The molecule has 0 spiro atoms. The Morgan fingerprint density at radius 3 is 2.79 bits per heavy atom. The molecule has 29 heavy (non-hydrogen) atoms. The second-order valence-electron chi connectivity index (χ2n) is 7.29. The number of carbonyl (C=O) groups is 2. The highest BCUT2D eigenvalue weighted by atomic mass is 32.2. The number of aryl methyl sites for hydroxylation is 1. The highest BCUT2D eigenvalue weighted by Crippen LogP contribution is 2.41. The van der Waals surface area contributed by atoms with Crippen LogP contribution in [0.1, 0.15) is 53.9 Å². The van der Waals surface area contributed by atoms with E-state index in [1.165, 1.54) is 16.2 Å². The lowest BCUT2D eigenvalue weighted by atomic mass is 9.95. The minimum Gasteiger partial charge on any atom is -0.462 e. The molecule has 1 N–H and O–H groups in total. The first kappa shape index (κ1) is 20.3. The SMILES string of the molecule is CCOC(=O)c1c(NC(=O)N2C[C@H](CC)Sc3ccccc32)sc2c1CCCC2. The van der Waals surface area contributed by atoms with Gasteiger partial charge in [0.15, 0.2) is 0 Å². The van der Waals surface area contributed by atoms with Crippen LogP contribution in [0.5, 0.6) is 0 Å². The molecule has 2 heterocycles. The molecule has 0 fully saturated rings. The van der Waals surface area contributed by atoms with Gasteiger partial charge in [0, 0.05) is 21.6 Å². The van der Waals surface area contributed by atoms with Gasteiger partial charge in [0.25, 0.3) is 0 Å². The highest BCUT2D eigenvalue weighted by Gasteiger charge is 2.31. The van der Waals surface area contributed by atoms with E-state index in [4.69, 9.17) is 4.74 Å². The Kier molecular flexibility index (Phi) is 6.15. The van der Waals surface area contributed by atoms with Crippen molar-refractivity contribution in [1.29, 1.82) is 0 Å². The third-order valence-corrected chi connectivity index (χ3v) is 8.03. The number of urea groups is 1. The van der Waals surface area contributed by atoms with Crippen LogP contribution in [0.15, 0.2) is 29.2 Å². The van der Waals surface area contributed by atoms with Crippen molar-refractivity contribution < 1.29 is 14.3 Å². The van der Waals surface area contributed by atoms with Crippen LogP contribution in [0.3, 0.4) is 0 Å². The van der Waals surface area contributed by atoms with Crippen LogP contribution in [0.2, 0.25) is 0 Å². The summed E-state index contributed by atoms with van der Waals surface area (Å²) in [4.78, 5) is 30.1. The van der Waals surface area contributed by atoms with Crippen molar-refractivity contribution in [3.63, 3.8) is 0 Å². The average Bonchev–Trinajstić information content (AvgIpc) is 3.10. The minimum absolute atomic E-state index is 0.180. The zero-order valence-corrected chi connectivity index (χ0v) is 18.5. The van der Waals surface area contributed by atoms with Crippen molar-refractivity contribution >= 4 is 45.8 Å². The summed E-state index contributed by atoms with van der Waals surface area (Å²) in [6.07, 6.45) is 5.01. The number of hydrogen-bond acceptors (Lipinski definition) is 5. The van der Waals surface area contributed by atoms with Crippen molar-refractivity contribution in [2.75, 3.05) is 23.4 Å². The van der Waals surface area contributed by atoms with Crippen molar-refractivity contribution in [2.24, 2.45) is 0 Å². The summed E-state index contributed by atoms with van der Waals surface area (Å²) in [7, 11) is 0. The van der Waals surface area contributed by atoms with Gasteiger partial charge in [-0.2, -0.15) is 0 Å². The first-order valence-corrected chi connectivity index (χ1v) is 12.0. The molecule has 154 valence electrons. The molecule has 0 unspecified atom stereocenters. The average molecular weight is 431 g/mol. The molecule has 7 heteroatoms. The highest BCUT2D eigenvalue weighted by molar-refractivity contribution is 8.00. The standard InChI is InChI=1S/C22H26N2O3S2/c1-3-14-13-24(16-10-6-8-12-18(16)28-14)22(26)23-20-19(21(25)27-4-2)15-9-5-7-11-17(15)29-20/h6,8,10,12,14H,3-5,7,9,11,13H2,1-2H3,(H,23,26)/t14-/m0/s1. The maximum Gasteiger partial charge on any atom is 0.341 e. The van der Waals surface area contributed by atoms with Crippen molar-refractivity contribution in [3.05, 3.63) is 40.3 Å². The monoisotopic (exact) mass is 430 g/mol. The summed E-state index contributed by atoms with van der Waals surface area (Å²) in [5.74, 6) is -0.330. The number of para-hydroxylation sites is 1. The summed E-state index contributed by atoms with van der Waals surface area (Å²) in [6, 6.07) is 7.84. The van der Waals surface area contributed by atoms with E-state index < -0.39 is 0 Å². The van der Waals surface area contributed by atoms with E-state index in [9.17, 15) is 9.59 Å². The Morgan fingerprint density at radius 2 is 2.00 bits per heavy atom. The van der Waals surface area contributed by atoms with Crippen LogP contribution < -0.4 is 10.2 Å². The predicted molar refractivity (Wildman–Crippen MR) is 120 cm³/mol. The molecular formula is C22H26N2O3S2. The van der Waals surface area contributed by atoms with Gasteiger partial charge in [-0.05, 0) is 56.7 Å². The number of amides is 2. The molecule has 2 amide bonds. The van der Waals surface area contributed by atoms with Gasteiger partial charge in [0.05, 0.1) is 17.9 Å². The quantitative estimate of drug-likeness (QED) is 0.630. The number of thioether (sulfide) groups is 1. The molecule has 1 aliphatic carbocycles. The number of carbonyl (C=O) groups excluding carboxylic acids is 2. The van der Waals surface area contributed by atoms with Gasteiger partial charge >= 0.3 is 12.0 Å². The summed E-state index contributed by atoms with van der Waals surface area (Å²) in [5, 5.41) is 4.04. The number of hydrogen-bond donors (Lipinski definition) is 1. The fraction of sp³-hybridized carbons (Fsp3) is 0.455. The number of rotatable bonds is 4. The number of thiophene rings is 1. The van der Waals surface area contributed by atoms with E-state index >= 15 is 0 Å². The predicted octanol–water partition coefficient (Wildman–Crippen LogP) is 5.73. The van der Waals surface area contributed by atoms with E-state index in [2.05, 4.69) is 18.3 Å². The molecule has 2 aliphatic rings. The Labute approximate surface area is 179 Å². The fourth-order valence-electron chi connectivity index (χ4n) is 3.94. The minimum atomic E-state index is -0.330. The fourth-order valence-corrected chi connectivity index (χ4v) is 6.41. The maximum absolute atomic E-state index is 13.3. The smallest absolute Gasteiger partial charge is 0.341 e. The van der Waals surface area contributed by atoms with Crippen LogP contribution in [-0.2, 0) is 17.6 Å². The van der Waals surface area contributed by atoms with E-state index in [1.54, 1.807) is 0 Å². The second kappa shape index (κ2) is 8.79. The number of esters is 1.